The summed E-state index contributed by atoms with van der Waals surface area (Å²) in [5.74, 6) is 0.191. The van der Waals surface area contributed by atoms with Crippen LogP contribution in [0.2, 0.25) is 0 Å². The molecular weight excluding hydrogens is 192 g/mol. The smallest absolute Gasteiger partial charge is 0.346 e. The van der Waals surface area contributed by atoms with E-state index in [0.717, 1.165) is 5.56 Å². The molecule has 2 rings (SSSR count). The third kappa shape index (κ3) is 1.36. The van der Waals surface area contributed by atoms with E-state index in [2.05, 4.69) is 10.6 Å². The summed E-state index contributed by atoms with van der Waals surface area (Å²) in [5, 5.41) is 6.49. The summed E-state index contributed by atoms with van der Waals surface area (Å²) in [7, 11) is 0. The molecule has 5 nitrogen and oxygen atoms in total. The van der Waals surface area contributed by atoms with Gasteiger partial charge in [-0.2, -0.15) is 5.32 Å². The molecule has 0 spiro atoms. The lowest BCUT2D eigenvalue weighted by Gasteiger charge is -2.15. The maximum absolute atomic E-state index is 11.1. The Labute approximate surface area is 87.8 Å². The van der Waals surface area contributed by atoms with Crippen LogP contribution in [0.25, 0.3) is 0 Å². The molecule has 1 aromatic rings. The fourth-order valence-electron chi connectivity index (χ4n) is 1.79. The number of amides is 2. The quantitative estimate of drug-likeness (QED) is 0.609. The second-order valence-corrected chi connectivity index (χ2v) is 3.88. The summed E-state index contributed by atoms with van der Waals surface area (Å²) in [6.45, 7) is 3.99. The number of nitrogens with zero attached hydrogens (tertiary/aromatic N) is 1. The minimum atomic E-state index is -0.364. The van der Waals surface area contributed by atoms with Gasteiger partial charge in [0.25, 0.3) is 0 Å². The van der Waals surface area contributed by atoms with Gasteiger partial charge >= 0.3 is 6.03 Å². The minimum Gasteiger partial charge on any atom is -0.397 e. The molecule has 2 amide bonds. The van der Waals surface area contributed by atoms with Gasteiger partial charge in [0.05, 0.1) is 22.7 Å². The maximum atomic E-state index is 11.1. The van der Waals surface area contributed by atoms with E-state index in [9.17, 15) is 4.79 Å². The van der Waals surface area contributed by atoms with Crippen LogP contribution in [0.15, 0.2) is 6.07 Å². The van der Waals surface area contributed by atoms with Crippen LogP contribution in [-0.4, -0.2) is 6.03 Å². The molecule has 79 valence electrons. The Morgan fingerprint density at radius 2 is 2.07 bits per heavy atom. The van der Waals surface area contributed by atoms with E-state index in [1.807, 2.05) is 13.8 Å². The number of urea groups is 1. The average Bonchev–Trinajstić information content (AvgIpc) is 2.46. The summed E-state index contributed by atoms with van der Waals surface area (Å²) in [6.07, 6.45) is 0. The molecule has 0 saturated carbocycles. The summed E-state index contributed by atoms with van der Waals surface area (Å²) in [5.41, 5.74) is 14.8. The average molecular weight is 205 g/mol. The Morgan fingerprint density at radius 1 is 1.40 bits per heavy atom. The second-order valence-electron chi connectivity index (χ2n) is 3.88. The molecule has 15 heavy (non-hydrogen) atoms. The number of rotatable bonds is 1. The van der Waals surface area contributed by atoms with Crippen LogP contribution in [-0.2, 0) is 0 Å². The predicted molar refractivity (Wildman–Crippen MR) is 60.2 cm³/mol. The molecule has 5 N–H and O–H groups in total. The molecule has 1 heterocycles. The normalized spacial score (nSPS) is 13.7. The number of nitrogens with one attached hydrogen (secondary N) is 1. The fourth-order valence-corrected chi connectivity index (χ4v) is 1.79. The molecule has 0 aromatic heterocycles. The molecular formula is C10H13N4O. The van der Waals surface area contributed by atoms with Crippen molar-refractivity contribution in [3.8, 4) is 0 Å². The Bertz CT molecular complexity index is 440. The molecule has 1 aliphatic heterocycles. The lowest BCUT2D eigenvalue weighted by molar-refractivity contribution is 0.256. The third-order valence-electron chi connectivity index (χ3n) is 2.45. The fraction of sp³-hybridized carbons (Fsp3) is 0.300. The number of hydrogen-bond acceptors (Lipinski definition) is 3. The standard InChI is InChI=1S/C10H13N4O/c1-4(2)7-8(12)5(11)3-6-9(7)14-10(15)13-6/h3-4H,11-12H2,1-2H3,(H,14,15). The molecule has 0 bridgehead atoms. The van der Waals surface area contributed by atoms with Crippen molar-refractivity contribution in [3.05, 3.63) is 11.6 Å². The first kappa shape index (κ1) is 9.64. The van der Waals surface area contributed by atoms with Gasteiger partial charge in [-0.25, -0.2) is 4.79 Å². The van der Waals surface area contributed by atoms with Crippen molar-refractivity contribution < 1.29 is 4.79 Å². The monoisotopic (exact) mass is 205 g/mol. The van der Waals surface area contributed by atoms with Gasteiger partial charge < -0.3 is 16.8 Å². The van der Waals surface area contributed by atoms with Crippen LogP contribution in [0, 0.1) is 0 Å². The highest BCUT2D eigenvalue weighted by molar-refractivity contribution is 6.06. The van der Waals surface area contributed by atoms with Crippen molar-refractivity contribution in [1.29, 1.82) is 0 Å². The largest absolute Gasteiger partial charge is 0.397 e. The highest BCUT2D eigenvalue weighted by Crippen LogP contribution is 2.42. The van der Waals surface area contributed by atoms with Crippen LogP contribution < -0.4 is 22.1 Å². The molecule has 0 aliphatic carbocycles. The van der Waals surface area contributed by atoms with Crippen LogP contribution >= 0.6 is 0 Å². The third-order valence-corrected chi connectivity index (χ3v) is 2.45. The lowest BCUT2D eigenvalue weighted by atomic mass is 9.97. The van der Waals surface area contributed by atoms with E-state index in [4.69, 9.17) is 11.5 Å². The van der Waals surface area contributed by atoms with Crippen molar-refractivity contribution in [2.45, 2.75) is 19.8 Å². The zero-order valence-corrected chi connectivity index (χ0v) is 8.66. The number of anilines is 3. The van der Waals surface area contributed by atoms with Crippen molar-refractivity contribution in [1.82, 2.24) is 5.32 Å². The van der Waals surface area contributed by atoms with E-state index in [1.165, 1.54) is 0 Å². The highest BCUT2D eigenvalue weighted by atomic mass is 16.2. The number of carbonyl (C=O) groups is 1. The van der Waals surface area contributed by atoms with Crippen LogP contribution in [0.3, 0.4) is 0 Å². The molecule has 0 unspecified atom stereocenters. The van der Waals surface area contributed by atoms with Gasteiger partial charge in [0, 0.05) is 5.56 Å². The van der Waals surface area contributed by atoms with Gasteiger partial charge in [0.15, 0.2) is 0 Å². The molecule has 0 saturated heterocycles. The highest BCUT2D eigenvalue weighted by Gasteiger charge is 2.26. The molecule has 1 aromatic carbocycles. The SMILES string of the molecule is CC(C)c1c(N)c(N)cc2c1NC(=O)[N]2. The van der Waals surface area contributed by atoms with Gasteiger partial charge in [0.1, 0.15) is 0 Å². The molecule has 0 fully saturated rings. The van der Waals surface area contributed by atoms with Crippen LogP contribution in [0.5, 0.6) is 0 Å². The van der Waals surface area contributed by atoms with Crippen molar-refractivity contribution >= 4 is 28.8 Å². The van der Waals surface area contributed by atoms with E-state index >= 15 is 0 Å². The number of benzene rings is 1. The van der Waals surface area contributed by atoms with Crippen molar-refractivity contribution in [2.75, 3.05) is 16.8 Å². The Morgan fingerprint density at radius 3 is 2.67 bits per heavy atom. The lowest BCUT2D eigenvalue weighted by Crippen LogP contribution is -2.09. The predicted octanol–water partition coefficient (Wildman–Crippen LogP) is 1.76. The van der Waals surface area contributed by atoms with Gasteiger partial charge in [-0.15, -0.1) is 0 Å². The van der Waals surface area contributed by atoms with Gasteiger partial charge in [0.2, 0.25) is 0 Å². The zero-order chi connectivity index (χ0) is 11.2. The molecule has 5 heteroatoms. The number of nitrogen functional groups attached to an aromatic ring is 2. The first-order valence-electron chi connectivity index (χ1n) is 4.75. The summed E-state index contributed by atoms with van der Waals surface area (Å²) < 4.78 is 0. The first-order valence-corrected chi connectivity index (χ1v) is 4.75. The molecule has 0 atom stereocenters. The second kappa shape index (κ2) is 3.05. The number of nitrogens with two attached hydrogens (primary N) is 2. The van der Waals surface area contributed by atoms with E-state index < -0.39 is 0 Å². The summed E-state index contributed by atoms with van der Waals surface area (Å²) in [6, 6.07) is 1.26. The van der Waals surface area contributed by atoms with E-state index in [1.54, 1.807) is 6.07 Å². The van der Waals surface area contributed by atoms with Gasteiger partial charge in [-0.1, -0.05) is 13.8 Å². The van der Waals surface area contributed by atoms with Crippen LogP contribution in [0.4, 0.5) is 27.5 Å². The first-order chi connectivity index (χ1) is 7.00. The summed E-state index contributed by atoms with van der Waals surface area (Å²) in [4.78, 5) is 11.1. The number of hydrogen-bond donors (Lipinski definition) is 3. The maximum Gasteiger partial charge on any atom is 0.346 e. The van der Waals surface area contributed by atoms with Gasteiger partial charge in [-0.3, -0.25) is 0 Å². The minimum absolute atomic E-state index is 0.191. The Kier molecular flexibility index (Phi) is 1.96. The Hall–Kier alpha value is -1.91. The van der Waals surface area contributed by atoms with E-state index in [-0.39, 0.29) is 11.9 Å². The van der Waals surface area contributed by atoms with E-state index in [0.29, 0.717) is 22.7 Å². The molecule has 1 radical (unpaired) electrons. The summed E-state index contributed by atoms with van der Waals surface area (Å²) >= 11 is 0. The molecule has 1 aliphatic rings. The van der Waals surface area contributed by atoms with Crippen LogP contribution in [0.1, 0.15) is 25.3 Å². The Balaban J connectivity index is 2.67. The van der Waals surface area contributed by atoms with Crippen molar-refractivity contribution in [3.63, 3.8) is 0 Å². The number of carbonyl (C=O) groups excluding carboxylic acids is 1. The zero-order valence-electron chi connectivity index (χ0n) is 8.66. The number of fused-ring (bicyclic) bond motifs is 1. The van der Waals surface area contributed by atoms with Crippen molar-refractivity contribution in [2.24, 2.45) is 0 Å². The van der Waals surface area contributed by atoms with Gasteiger partial charge in [-0.05, 0) is 12.0 Å². The topological polar surface area (TPSA) is 95.2 Å².